The van der Waals surface area contributed by atoms with Gasteiger partial charge in [0.25, 0.3) is 0 Å². The minimum Gasteiger partial charge on any atom is -0.491 e. The minimum atomic E-state index is -0.311. The zero-order valence-electron chi connectivity index (χ0n) is 9.35. The molecule has 1 unspecified atom stereocenters. The van der Waals surface area contributed by atoms with E-state index in [4.69, 9.17) is 18.9 Å². The lowest BCUT2D eigenvalue weighted by molar-refractivity contribution is -0.164. The van der Waals surface area contributed by atoms with Gasteiger partial charge in [0.15, 0.2) is 6.29 Å². The molecule has 4 nitrogen and oxygen atoms in total. The molecule has 0 spiro atoms. The lowest BCUT2D eigenvalue weighted by Crippen LogP contribution is -2.25. The van der Waals surface area contributed by atoms with Gasteiger partial charge < -0.3 is 18.9 Å². The van der Waals surface area contributed by atoms with Crippen molar-refractivity contribution in [1.29, 1.82) is 0 Å². The van der Waals surface area contributed by atoms with E-state index in [0.29, 0.717) is 26.4 Å². The van der Waals surface area contributed by atoms with E-state index in [1.807, 2.05) is 24.3 Å². The van der Waals surface area contributed by atoms with Gasteiger partial charge in [-0.05, 0) is 6.07 Å². The molecule has 0 radical (unpaired) electrons. The van der Waals surface area contributed by atoms with E-state index in [9.17, 15) is 0 Å². The number of methoxy groups -OCH3 is 1. The lowest BCUT2D eigenvalue weighted by atomic mass is 10.2. The molecule has 16 heavy (non-hydrogen) atoms. The fourth-order valence-corrected chi connectivity index (χ4v) is 1.54. The molecule has 0 fully saturated rings. The molecule has 1 aliphatic heterocycles. The van der Waals surface area contributed by atoms with E-state index >= 15 is 0 Å². The Labute approximate surface area is 95.1 Å². The van der Waals surface area contributed by atoms with Crippen LogP contribution in [0.2, 0.25) is 0 Å². The van der Waals surface area contributed by atoms with Crippen LogP contribution in [0.3, 0.4) is 0 Å². The Morgan fingerprint density at radius 3 is 3.00 bits per heavy atom. The SMILES string of the molecule is COC1COCc2ccccc2OCCO1. The molecule has 1 aromatic rings. The molecule has 0 aliphatic carbocycles. The summed E-state index contributed by atoms with van der Waals surface area (Å²) in [7, 11) is 1.61. The van der Waals surface area contributed by atoms with E-state index < -0.39 is 0 Å². The second-order valence-electron chi connectivity index (χ2n) is 3.51. The molecular formula is C12H16O4. The number of para-hydroxylation sites is 1. The maximum Gasteiger partial charge on any atom is 0.180 e. The van der Waals surface area contributed by atoms with Crippen LogP contribution in [0.25, 0.3) is 0 Å². The summed E-state index contributed by atoms with van der Waals surface area (Å²) in [5.41, 5.74) is 1.05. The van der Waals surface area contributed by atoms with Gasteiger partial charge in [-0.1, -0.05) is 18.2 Å². The van der Waals surface area contributed by atoms with Gasteiger partial charge in [0.05, 0.1) is 19.8 Å². The summed E-state index contributed by atoms with van der Waals surface area (Å²) in [6, 6.07) is 7.86. The molecule has 1 atom stereocenters. The van der Waals surface area contributed by atoms with E-state index in [2.05, 4.69) is 0 Å². The molecule has 0 amide bonds. The minimum absolute atomic E-state index is 0.311. The first-order valence-electron chi connectivity index (χ1n) is 5.33. The molecule has 1 aromatic carbocycles. The maximum absolute atomic E-state index is 5.60. The fraction of sp³-hybridized carbons (Fsp3) is 0.500. The average Bonchev–Trinajstić information content (AvgIpc) is 2.34. The highest BCUT2D eigenvalue weighted by Gasteiger charge is 2.11. The second-order valence-corrected chi connectivity index (χ2v) is 3.51. The molecule has 0 N–H and O–H groups in total. The highest BCUT2D eigenvalue weighted by atomic mass is 16.7. The Balaban J connectivity index is 2.04. The molecule has 1 aliphatic rings. The lowest BCUT2D eigenvalue weighted by Gasteiger charge is -2.20. The van der Waals surface area contributed by atoms with Gasteiger partial charge in [-0.15, -0.1) is 0 Å². The van der Waals surface area contributed by atoms with Crippen molar-refractivity contribution in [3.63, 3.8) is 0 Å². The predicted octanol–water partition coefficient (Wildman–Crippen LogP) is 1.58. The first-order valence-corrected chi connectivity index (χ1v) is 5.33. The maximum atomic E-state index is 5.60. The average molecular weight is 224 g/mol. The van der Waals surface area contributed by atoms with E-state index in [1.165, 1.54) is 0 Å². The fourth-order valence-electron chi connectivity index (χ4n) is 1.54. The van der Waals surface area contributed by atoms with Crippen LogP contribution in [0.15, 0.2) is 24.3 Å². The van der Waals surface area contributed by atoms with Crippen molar-refractivity contribution in [2.24, 2.45) is 0 Å². The molecule has 1 heterocycles. The van der Waals surface area contributed by atoms with E-state index in [-0.39, 0.29) is 6.29 Å². The Morgan fingerprint density at radius 2 is 2.12 bits per heavy atom. The number of hydrogen-bond acceptors (Lipinski definition) is 4. The number of hydrogen-bond donors (Lipinski definition) is 0. The van der Waals surface area contributed by atoms with Gasteiger partial charge in [0.2, 0.25) is 0 Å². The van der Waals surface area contributed by atoms with Gasteiger partial charge in [0.1, 0.15) is 12.4 Å². The number of ether oxygens (including phenoxy) is 4. The third-order valence-corrected chi connectivity index (χ3v) is 2.39. The summed E-state index contributed by atoms with van der Waals surface area (Å²) in [4.78, 5) is 0. The Hall–Kier alpha value is -1.10. The van der Waals surface area contributed by atoms with Gasteiger partial charge in [-0.2, -0.15) is 0 Å². The number of benzene rings is 1. The first-order chi connectivity index (χ1) is 7.90. The molecule has 0 saturated carbocycles. The molecule has 4 heteroatoms. The first kappa shape index (κ1) is 11.4. The van der Waals surface area contributed by atoms with Gasteiger partial charge in [0, 0.05) is 12.7 Å². The standard InChI is InChI=1S/C12H16O4/c1-13-12-9-14-8-10-4-2-3-5-11(10)15-6-7-16-12/h2-5,12H,6-9H2,1H3. The predicted molar refractivity (Wildman–Crippen MR) is 58.3 cm³/mol. The molecular weight excluding hydrogens is 208 g/mol. The van der Waals surface area contributed by atoms with Crippen molar-refractivity contribution in [3.8, 4) is 5.75 Å². The zero-order valence-corrected chi connectivity index (χ0v) is 9.35. The van der Waals surface area contributed by atoms with Crippen molar-refractivity contribution in [2.75, 3.05) is 26.9 Å². The molecule has 0 aromatic heterocycles. The summed E-state index contributed by atoms with van der Waals surface area (Å²) >= 11 is 0. The molecule has 0 saturated heterocycles. The highest BCUT2D eigenvalue weighted by Crippen LogP contribution is 2.19. The van der Waals surface area contributed by atoms with Crippen LogP contribution in [0.5, 0.6) is 5.75 Å². The summed E-state index contributed by atoms with van der Waals surface area (Å²) in [5, 5.41) is 0. The van der Waals surface area contributed by atoms with Crippen LogP contribution in [0, 0.1) is 0 Å². The normalized spacial score (nSPS) is 21.9. The highest BCUT2D eigenvalue weighted by molar-refractivity contribution is 5.32. The summed E-state index contributed by atoms with van der Waals surface area (Å²) < 4.78 is 21.6. The third-order valence-electron chi connectivity index (χ3n) is 2.39. The van der Waals surface area contributed by atoms with Crippen LogP contribution in [-0.4, -0.2) is 33.2 Å². The van der Waals surface area contributed by atoms with Gasteiger partial charge in [-0.3, -0.25) is 0 Å². The van der Waals surface area contributed by atoms with Gasteiger partial charge in [-0.25, -0.2) is 0 Å². The van der Waals surface area contributed by atoms with Crippen LogP contribution in [-0.2, 0) is 20.8 Å². The van der Waals surface area contributed by atoms with Crippen molar-refractivity contribution in [1.82, 2.24) is 0 Å². The van der Waals surface area contributed by atoms with Crippen LogP contribution >= 0.6 is 0 Å². The Morgan fingerprint density at radius 1 is 1.25 bits per heavy atom. The monoisotopic (exact) mass is 224 g/mol. The smallest absolute Gasteiger partial charge is 0.180 e. The molecule has 88 valence electrons. The largest absolute Gasteiger partial charge is 0.491 e. The summed E-state index contributed by atoms with van der Waals surface area (Å²) in [6.45, 7) is 1.97. The quantitative estimate of drug-likeness (QED) is 0.725. The van der Waals surface area contributed by atoms with Crippen molar-refractivity contribution in [2.45, 2.75) is 12.9 Å². The summed E-state index contributed by atoms with van der Waals surface area (Å²) in [6.07, 6.45) is -0.311. The topological polar surface area (TPSA) is 36.9 Å². The van der Waals surface area contributed by atoms with E-state index in [0.717, 1.165) is 11.3 Å². The van der Waals surface area contributed by atoms with Gasteiger partial charge >= 0.3 is 0 Å². The van der Waals surface area contributed by atoms with Crippen molar-refractivity contribution < 1.29 is 18.9 Å². The van der Waals surface area contributed by atoms with Crippen LogP contribution < -0.4 is 4.74 Å². The molecule has 2 rings (SSSR count). The summed E-state index contributed by atoms with van der Waals surface area (Å²) in [5.74, 6) is 0.863. The third kappa shape index (κ3) is 2.95. The Kier molecular flexibility index (Phi) is 4.16. The van der Waals surface area contributed by atoms with Crippen LogP contribution in [0.1, 0.15) is 5.56 Å². The number of fused-ring (bicyclic) bond motifs is 1. The Bertz CT molecular complexity index is 327. The van der Waals surface area contributed by atoms with Crippen LogP contribution in [0.4, 0.5) is 0 Å². The molecule has 0 bridgehead atoms. The van der Waals surface area contributed by atoms with E-state index in [1.54, 1.807) is 7.11 Å². The van der Waals surface area contributed by atoms with Crippen molar-refractivity contribution in [3.05, 3.63) is 29.8 Å². The van der Waals surface area contributed by atoms with Crippen molar-refractivity contribution >= 4 is 0 Å². The number of rotatable bonds is 1. The second kappa shape index (κ2) is 5.84. The zero-order chi connectivity index (χ0) is 11.2.